The van der Waals surface area contributed by atoms with Gasteiger partial charge in [0.25, 0.3) is 0 Å². The van der Waals surface area contributed by atoms with Crippen molar-refractivity contribution < 1.29 is 14.3 Å². The van der Waals surface area contributed by atoms with E-state index in [1.807, 2.05) is 45.9 Å². The lowest BCUT2D eigenvalue weighted by molar-refractivity contribution is -0.143. The van der Waals surface area contributed by atoms with Crippen molar-refractivity contribution in [2.75, 3.05) is 11.9 Å². The van der Waals surface area contributed by atoms with Gasteiger partial charge in [0.1, 0.15) is 11.8 Å². The highest BCUT2D eigenvalue weighted by molar-refractivity contribution is 9.10. The summed E-state index contributed by atoms with van der Waals surface area (Å²) >= 11 is 3.51. The van der Waals surface area contributed by atoms with E-state index in [1.165, 1.54) is 0 Å². The summed E-state index contributed by atoms with van der Waals surface area (Å²) in [6.45, 7) is 8.05. The molecule has 0 aliphatic carbocycles. The van der Waals surface area contributed by atoms with Crippen LogP contribution in [0.25, 0.3) is 0 Å². The molecule has 1 aliphatic rings. The van der Waals surface area contributed by atoms with Gasteiger partial charge in [-0.3, -0.25) is 0 Å². The Labute approximate surface area is 166 Å². The van der Waals surface area contributed by atoms with Crippen LogP contribution < -0.4 is 10.1 Å². The smallest absolute Gasteiger partial charge is 0.338 e. The van der Waals surface area contributed by atoms with E-state index >= 15 is 0 Å². The summed E-state index contributed by atoms with van der Waals surface area (Å²) in [6, 6.07) is 5.13. The minimum Gasteiger partial charge on any atom is -0.493 e. The summed E-state index contributed by atoms with van der Waals surface area (Å²) in [5.74, 6) is 0.721. The maximum absolute atomic E-state index is 12.9. The Morgan fingerprint density at radius 3 is 2.89 bits per heavy atom. The van der Waals surface area contributed by atoms with Gasteiger partial charge < -0.3 is 14.8 Å². The van der Waals surface area contributed by atoms with Crippen molar-refractivity contribution >= 4 is 27.8 Å². The number of benzene rings is 1. The summed E-state index contributed by atoms with van der Waals surface area (Å²) in [6.07, 6.45) is 0.627. The molecule has 0 saturated heterocycles. The Bertz CT molecular complexity index is 878. The Kier molecular flexibility index (Phi) is 5.79. The lowest BCUT2D eigenvalue weighted by Crippen LogP contribution is -2.31. The molecule has 1 aromatic heterocycles. The predicted molar refractivity (Wildman–Crippen MR) is 103 cm³/mol. The molecule has 1 aliphatic heterocycles. The Balaban J connectivity index is 2.15. The molecule has 1 aromatic carbocycles. The van der Waals surface area contributed by atoms with Crippen LogP contribution in [-0.4, -0.2) is 38.9 Å². The predicted octanol–water partition coefficient (Wildman–Crippen LogP) is 3.46. The molecule has 0 amide bonds. The van der Waals surface area contributed by atoms with Crippen molar-refractivity contribution in [3.8, 4) is 5.75 Å². The molecule has 27 heavy (non-hydrogen) atoms. The van der Waals surface area contributed by atoms with Gasteiger partial charge in [-0.25, -0.2) is 4.79 Å². The number of nitrogens with one attached hydrogen (secondary N) is 1. The second-order valence-corrected chi connectivity index (χ2v) is 7.41. The van der Waals surface area contributed by atoms with E-state index < -0.39 is 12.0 Å². The Hall–Kier alpha value is -2.42. The van der Waals surface area contributed by atoms with Gasteiger partial charge in [-0.05, 0) is 55.8 Å². The molecule has 1 unspecified atom stereocenters. The number of anilines is 1. The lowest BCUT2D eigenvalue weighted by atomic mass is 9.95. The summed E-state index contributed by atoms with van der Waals surface area (Å²) in [4.78, 5) is 12.9. The third-order valence-corrected chi connectivity index (χ3v) is 4.50. The molecule has 0 radical (unpaired) electrons. The van der Waals surface area contributed by atoms with E-state index in [-0.39, 0.29) is 6.10 Å². The number of carbonyl (C=O) groups excluding carboxylic acids is 1. The average molecular weight is 436 g/mol. The molecule has 3 rings (SSSR count). The molecule has 144 valence electrons. The molecule has 1 atom stereocenters. The first kappa shape index (κ1) is 19.3. The number of halogens is 1. The number of hydrogen-bond donors (Lipinski definition) is 1. The van der Waals surface area contributed by atoms with Crippen molar-refractivity contribution in [3.63, 3.8) is 0 Å². The molecular weight excluding hydrogens is 414 g/mol. The molecule has 2 aromatic rings. The maximum atomic E-state index is 12.9. The van der Waals surface area contributed by atoms with E-state index in [0.717, 1.165) is 16.5 Å². The van der Waals surface area contributed by atoms with E-state index in [4.69, 9.17) is 9.47 Å². The molecule has 9 heteroatoms. The van der Waals surface area contributed by atoms with Crippen LogP contribution in [0.2, 0.25) is 0 Å². The van der Waals surface area contributed by atoms with Crippen LogP contribution >= 0.6 is 15.9 Å². The number of allylic oxidation sites excluding steroid dienone is 1. The van der Waals surface area contributed by atoms with Gasteiger partial charge in [-0.2, -0.15) is 4.68 Å². The van der Waals surface area contributed by atoms with Crippen LogP contribution in [0.3, 0.4) is 0 Å². The van der Waals surface area contributed by atoms with E-state index in [0.29, 0.717) is 29.6 Å². The minimum atomic E-state index is -0.563. The van der Waals surface area contributed by atoms with Crippen LogP contribution in [0.1, 0.15) is 45.7 Å². The Morgan fingerprint density at radius 2 is 2.19 bits per heavy atom. The molecule has 0 fully saturated rings. The summed E-state index contributed by atoms with van der Waals surface area (Å²) < 4.78 is 13.9. The number of fused-ring (bicyclic) bond motifs is 1. The van der Waals surface area contributed by atoms with Crippen LogP contribution in [0, 0.1) is 0 Å². The fraction of sp³-hybridized carbons (Fsp3) is 0.444. The highest BCUT2D eigenvalue weighted by Crippen LogP contribution is 2.40. The molecule has 1 N–H and O–H groups in total. The van der Waals surface area contributed by atoms with Crippen molar-refractivity contribution in [2.45, 2.75) is 46.3 Å². The molecule has 0 saturated carbocycles. The first-order chi connectivity index (χ1) is 12.9. The maximum Gasteiger partial charge on any atom is 0.338 e. The summed E-state index contributed by atoms with van der Waals surface area (Å²) in [7, 11) is 0. The highest BCUT2D eigenvalue weighted by atomic mass is 79.9. The number of aromatic nitrogens is 4. The zero-order valence-electron chi connectivity index (χ0n) is 15.7. The average Bonchev–Trinajstić information content (AvgIpc) is 3.06. The second-order valence-electron chi connectivity index (χ2n) is 6.50. The van der Waals surface area contributed by atoms with Gasteiger partial charge in [-0.1, -0.05) is 28.0 Å². The largest absolute Gasteiger partial charge is 0.493 e. The standard InChI is InChI=1S/C18H22BrN5O3/c1-5-8-26-14-7-6-12(19)9-13(14)16-15(17(25)27-10(2)3)11(4)20-18-21-22-23-24(16)18/h6-7,9-10,16H,5,8H2,1-4H3,(H,20,21,23). The molecular formula is C18H22BrN5O3. The van der Waals surface area contributed by atoms with Crippen LogP contribution in [-0.2, 0) is 9.53 Å². The molecule has 0 spiro atoms. The van der Waals surface area contributed by atoms with Gasteiger partial charge in [0.05, 0.1) is 18.3 Å². The topological polar surface area (TPSA) is 91.2 Å². The number of rotatable bonds is 6. The number of nitrogens with zero attached hydrogens (tertiary/aromatic N) is 4. The summed E-state index contributed by atoms with van der Waals surface area (Å²) in [5.41, 5.74) is 1.88. The number of carbonyl (C=O) groups is 1. The third-order valence-electron chi connectivity index (χ3n) is 4.00. The molecule has 0 bridgehead atoms. The van der Waals surface area contributed by atoms with E-state index in [2.05, 4.69) is 36.8 Å². The van der Waals surface area contributed by atoms with Gasteiger partial charge in [-0.15, -0.1) is 0 Å². The summed E-state index contributed by atoms with van der Waals surface area (Å²) in [5, 5.41) is 14.9. The second kappa shape index (κ2) is 8.08. The Morgan fingerprint density at radius 1 is 1.41 bits per heavy atom. The minimum absolute atomic E-state index is 0.243. The van der Waals surface area contributed by atoms with Crippen LogP contribution in [0.15, 0.2) is 33.9 Å². The number of ether oxygens (including phenoxy) is 2. The van der Waals surface area contributed by atoms with Gasteiger partial charge in [0, 0.05) is 15.7 Å². The van der Waals surface area contributed by atoms with E-state index in [1.54, 1.807) is 4.68 Å². The normalized spacial score (nSPS) is 16.1. The van der Waals surface area contributed by atoms with Crippen LogP contribution in [0.5, 0.6) is 5.75 Å². The monoisotopic (exact) mass is 435 g/mol. The third kappa shape index (κ3) is 3.97. The molecule has 8 nitrogen and oxygen atoms in total. The fourth-order valence-electron chi connectivity index (χ4n) is 2.92. The zero-order chi connectivity index (χ0) is 19.6. The first-order valence-electron chi connectivity index (χ1n) is 8.81. The van der Waals surface area contributed by atoms with Crippen molar-refractivity contribution in [3.05, 3.63) is 39.5 Å². The van der Waals surface area contributed by atoms with Gasteiger partial charge in [0.15, 0.2) is 0 Å². The quantitative estimate of drug-likeness (QED) is 0.694. The number of hydrogen-bond acceptors (Lipinski definition) is 7. The van der Waals surface area contributed by atoms with Gasteiger partial charge >= 0.3 is 5.97 Å². The van der Waals surface area contributed by atoms with Gasteiger partial charge in [0.2, 0.25) is 5.95 Å². The lowest BCUT2D eigenvalue weighted by Gasteiger charge is -2.29. The van der Waals surface area contributed by atoms with E-state index in [9.17, 15) is 4.79 Å². The zero-order valence-corrected chi connectivity index (χ0v) is 17.3. The molecule has 2 heterocycles. The number of esters is 1. The van der Waals surface area contributed by atoms with Crippen molar-refractivity contribution in [2.24, 2.45) is 0 Å². The SMILES string of the molecule is CCCOc1ccc(Br)cc1C1C(C(=O)OC(C)C)=C(C)Nc2nnnn21. The fourth-order valence-corrected chi connectivity index (χ4v) is 3.30. The first-order valence-corrected chi connectivity index (χ1v) is 9.60. The highest BCUT2D eigenvalue weighted by Gasteiger charge is 2.37. The van der Waals surface area contributed by atoms with Crippen molar-refractivity contribution in [1.82, 2.24) is 20.2 Å². The number of tetrazole rings is 1. The van der Waals surface area contributed by atoms with Crippen molar-refractivity contribution in [1.29, 1.82) is 0 Å². The van der Waals surface area contributed by atoms with Crippen LogP contribution in [0.4, 0.5) is 5.95 Å².